The van der Waals surface area contributed by atoms with Crippen LogP contribution in [-0.2, 0) is 14.3 Å². The predicted molar refractivity (Wildman–Crippen MR) is 71.5 cm³/mol. The number of amides is 1. The van der Waals surface area contributed by atoms with Gasteiger partial charge < -0.3 is 19.5 Å². The number of carbonyl (C=O) groups is 2. The van der Waals surface area contributed by atoms with E-state index in [1.165, 1.54) is 0 Å². The van der Waals surface area contributed by atoms with Crippen molar-refractivity contribution >= 4 is 12.1 Å². The summed E-state index contributed by atoms with van der Waals surface area (Å²) >= 11 is 0. The van der Waals surface area contributed by atoms with E-state index in [-0.39, 0.29) is 0 Å². The molecular weight excluding hydrogens is 262 g/mol. The molecule has 0 aromatic rings. The zero-order chi connectivity index (χ0) is 15.0. The summed E-state index contributed by atoms with van der Waals surface area (Å²) in [6.07, 6.45) is 1.31. The van der Waals surface area contributed by atoms with Crippen molar-refractivity contribution < 1.29 is 24.2 Å². The van der Waals surface area contributed by atoms with Crippen molar-refractivity contribution in [3.8, 4) is 0 Å². The van der Waals surface area contributed by atoms with E-state index in [9.17, 15) is 14.7 Å². The van der Waals surface area contributed by atoms with Gasteiger partial charge in [0, 0.05) is 6.54 Å². The molecule has 0 aromatic carbocycles. The molecule has 1 amide bonds. The second-order valence-electron chi connectivity index (χ2n) is 6.60. The molecular formula is C14H23NO5. The van der Waals surface area contributed by atoms with Crippen LogP contribution in [0.25, 0.3) is 0 Å². The zero-order valence-electron chi connectivity index (χ0n) is 12.3. The first-order valence-corrected chi connectivity index (χ1v) is 7.07. The zero-order valence-corrected chi connectivity index (χ0v) is 12.3. The molecule has 2 aliphatic rings. The Kier molecular flexibility index (Phi) is 3.95. The molecule has 1 aliphatic heterocycles. The smallest absolute Gasteiger partial charge is 0.410 e. The van der Waals surface area contributed by atoms with Crippen LogP contribution >= 0.6 is 0 Å². The number of aliphatic carboxylic acids is 1. The van der Waals surface area contributed by atoms with E-state index in [1.807, 2.05) is 20.8 Å². The first-order chi connectivity index (χ1) is 9.24. The lowest BCUT2D eigenvalue weighted by molar-refractivity contribution is -0.178. The number of nitrogens with zero attached hydrogens (tertiary/aromatic N) is 1. The molecule has 0 radical (unpaired) electrons. The fourth-order valence-electron chi connectivity index (χ4n) is 2.71. The molecule has 6 heteroatoms. The lowest BCUT2D eigenvalue weighted by Gasteiger charge is -2.47. The first kappa shape index (κ1) is 15.1. The van der Waals surface area contributed by atoms with Crippen molar-refractivity contribution in [2.75, 3.05) is 19.7 Å². The minimum Gasteiger partial charge on any atom is -0.481 e. The molecule has 0 aromatic heterocycles. The maximum Gasteiger partial charge on any atom is 0.410 e. The summed E-state index contributed by atoms with van der Waals surface area (Å²) in [6.45, 7) is 6.54. The van der Waals surface area contributed by atoms with Gasteiger partial charge in [0.05, 0.1) is 24.7 Å². The van der Waals surface area contributed by atoms with Crippen molar-refractivity contribution in [3.05, 3.63) is 0 Å². The summed E-state index contributed by atoms with van der Waals surface area (Å²) < 4.78 is 11.0. The van der Waals surface area contributed by atoms with E-state index < -0.39 is 29.2 Å². The third-order valence-electron chi connectivity index (χ3n) is 4.01. The number of hydrogen-bond donors (Lipinski definition) is 1. The number of ether oxygens (including phenoxy) is 2. The van der Waals surface area contributed by atoms with Gasteiger partial charge in [0.15, 0.2) is 0 Å². The molecule has 1 saturated carbocycles. The Bertz CT molecular complexity index is 397. The van der Waals surface area contributed by atoms with Gasteiger partial charge in [0.25, 0.3) is 0 Å². The summed E-state index contributed by atoms with van der Waals surface area (Å²) in [6, 6.07) is 0. The van der Waals surface area contributed by atoms with Gasteiger partial charge in [-0.1, -0.05) is 6.42 Å². The number of carbonyl (C=O) groups excluding carboxylic acids is 1. The van der Waals surface area contributed by atoms with Crippen LogP contribution in [0.4, 0.5) is 4.79 Å². The van der Waals surface area contributed by atoms with Gasteiger partial charge in [0.2, 0.25) is 0 Å². The van der Waals surface area contributed by atoms with Crippen LogP contribution in [0.15, 0.2) is 0 Å². The van der Waals surface area contributed by atoms with Crippen molar-refractivity contribution in [2.24, 2.45) is 5.41 Å². The molecule has 1 aliphatic carbocycles. The average Bonchev–Trinajstić information content (AvgIpc) is 2.25. The van der Waals surface area contributed by atoms with Gasteiger partial charge in [-0.15, -0.1) is 0 Å². The summed E-state index contributed by atoms with van der Waals surface area (Å²) in [4.78, 5) is 25.1. The fourth-order valence-corrected chi connectivity index (χ4v) is 2.71. The van der Waals surface area contributed by atoms with Crippen LogP contribution in [0.5, 0.6) is 0 Å². The van der Waals surface area contributed by atoms with Crippen LogP contribution in [0, 0.1) is 5.41 Å². The second kappa shape index (κ2) is 5.24. The molecule has 1 unspecified atom stereocenters. The summed E-state index contributed by atoms with van der Waals surface area (Å²) in [5, 5.41) is 9.43. The van der Waals surface area contributed by atoms with Crippen LogP contribution in [-0.4, -0.2) is 53.5 Å². The van der Waals surface area contributed by atoms with Gasteiger partial charge >= 0.3 is 12.1 Å². The summed E-state index contributed by atoms with van der Waals surface area (Å²) in [5.41, 5.74) is -1.37. The molecule has 2 fully saturated rings. The summed E-state index contributed by atoms with van der Waals surface area (Å²) in [5.74, 6) is -0.820. The standard InChI is InChI=1S/C14H23NO5/c1-13(2,3)20-12(18)15-7-8-19-10(9-15)14(11(16)17)5-4-6-14/h10H,4-9H2,1-3H3,(H,16,17). The number of morpholine rings is 1. The number of carboxylic acids is 1. The third kappa shape index (κ3) is 2.90. The Hall–Kier alpha value is -1.30. The summed E-state index contributed by atoms with van der Waals surface area (Å²) in [7, 11) is 0. The maximum atomic E-state index is 12.1. The van der Waals surface area contributed by atoms with Gasteiger partial charge in [0.1, 0.15) is 5.60 Å². The molecule has 1 saturated heterocycles. The highest BCUT2D eigenvalue weighted by molar-refractivity contribution is 5.77. The van der Waals surface area contributed by atoms with Gasteiger partial charge in [-0.25, -0.2) is 4.79 Å². The molecule has 1 N–H and O–H groups in total. The number of hydrogen-bond acceptors (Lipinski definition) is 4. The largest absolute Gasteiger partial charge is 0.481 e. The van der Waals surface area contributed by atoms with Crippen LogP contribution in [0.3, 0.4) is 0 Å². The highest BCUT2D eigenvalue weighted by Crippen LogP contribution is 2.46. The monoisotopic (exact) mass is 285 g/mol. The SMILES string of the molecule is CC(C)(C)OC(=O)N1CCOC(C2(C(=O)O)CCC2)C1. The van der Waals surface area contributed by atoms with E-state index in [0.29, 0.717) is 32.5 Å². The Labute approximate surface area is 119 Å². The maximum absolute atomic E-state index is 12.1. The molecule has 1 atom stereocenters. The van der Waals surface area contributed by atoms with E-state index in [2.05, 4.69) is 0 Å². The minimum atomic E-state index is -0.820. The van der Waals surface area contributed by atoms with Gasteiger partial charge in [-0.05, 0) is 33.6 Å². The fraction of sp³-hybridized carbons (Fsp3) is 0.857. The van der Waals surface area contributed by atoms with Gasteiger partial charge in [-0.2, -0.15) is 0 Å². The molecule has 6 nitrogen and oxygen atoms in total. The van der Waals surface area contributed by atoms with Crippen molar-refractivity contribution in [2.45, 2.75) is 51.7 Å². The van der Waals surface area contributed by atoms with Crippen molar-refractivity contribution in [1.82, 2.24) is 4.90 Å². The molecule has 2 rings (SSSR count). The predicted octanol–water partition coefficient (Wildman–Crippen LogP) is 1.88. The Morgan fingerprint density at radius 3 is 2.45 bits per heavy atom. The molecule has 1 heterocycles. The van der Waals surface area contributed by atoms with E-state index in [1.54, 1.807) is 4.90 Å². The minimum absolute atomic E-state index is 0.293. The topological polar surface area (TPSA) is 76.1 Å². The molecule has 0 bridgehead atoms. The molecule has 114 valence electrons. The van der Waals surface area contributed by atoms with E-state index in [4.69, 9.17) is 9.47 Å². The van der Waals surface area contributed by atoms with Crippen molar-refractivity contribution in [3.63, 3.8) is 0 Å². The van der Waals surface area contributed by atoms with Crippen LogP contribution in [0.2, 0.25) is 0 Å². The number of carboxylic acid groups (broad SMARTS) is 1. The van der Waals surface area contributed by atoms with Crippen LogP contribution < -0.4 is 0 Å². The van der Waals surface area contributed by atoms with Gasteiger partial charge in [-0.3, -0.25) is 4.79 Å². The van der Waals surface area contributed by atoms with Crippen molar-refractivity contribution in [1.29, 1.82) is 0 Å². The quantitative estimate of drug-likeness (QED) is 0.838. The second-order valence-corrected chi connectivity index (χ2v) is 6.60. The Morgan fingerprint density at radius 1 is 1.35 bits per heavy atom. The lowest BCUT2D eigenvalue weighted by Crippen LogP contribution is -2.58. The average molecular weight is 285 g/mol. The van der Waals surface area contributed by atoms with E-state index in [0.717, 1.165) is 6.42 Å². The van der Waals surface area contributed by atoms with Crippen LogP contribution in [0.1, 0.15) is 40.0 Å². The highest BCUT2D eigenvalue weighted by Gasteiger charge is 2.53. The first-order valence-electron chi connectivity index (χ1n) is 7.07. The lowest BCUT2D eigenvalue weighted by atomic mass is 9.64. The Balaban J connectivity index is 2.02. The van der Waals surface area contributed by atoms with E-state index >= 15 is 0 Å². The third-order valence-corrected chi connectivity index (χ3v) is 4.01. The molecule has 0 spiro atoms. The highest BCUT2D eigenvalue weighted by atomic mass is 16.6. The molecule has 20 heavy (non-hydrogen) atoms. The number of rotatable bonds is 2. The Morgan fingerprint density at radius 2 is 2.00 bits per heavy atom. The normalized spacial score (nSPS) is 25.8.